The number of piperazine rings is 1. The second-order valence-corrected chi connectivity index (χ2v) is 5.07. The monoisotopic (exact) mass is 228 g/mol. The highest BCUT2D eigenvalue weighted by atomic mass is 16.5. The third-order valence-corrected chi connectivity index (χ3v) is 3.64. The molecule has 0 aromatic heterocycles. The van der Waals surface area contributed by atoms with Crippen LogP contribution in [0.25, 0.3) is 0 Å². The highest BCUT2D eigenvalue weighted by Crippen LogP contribution is 2.15. The molecule has 1 rings (SSSR count). The Morgan fingerprint density at radius 1 is 1.50 bits per heavy atom. The summed E-state index contributed by atoms with van der Waals surface area (Å²) in [5.41, 5.74) is 0. The van der Waals surface area contributed by atoms with Gasteiger partial charge in [-0.15, -0.1) is 0 Å². The van der Waals surface area contributed by atoms with Crippen molar-refractivity contribution in [3.63, 3.8) is 0 Å². The van der Waals surface area contributed by atoms with Crippen LogP contribution in [0.3, 0.4) is 0 Å². The van der Waals surface area contributed by atoms with Crippen LogP contribution in [0.5, 0.6) is 0 Å². The van der Waals surface area contributed by atoms with Gasteiger partial charge in [-0.3, -0.25) is 4.90 Å². The smallest absolute Gasteiger partial charge is 0.0477 e. The van der Waals surface area contributed by atoms with E-state index >= 15 is 0 Å². The number of nitrogens with one attached hydrogen (secondary N) is 1. The van der Waals surface area contributed by atoms with Crippen molar-refractivity contribution < 1.29 is 4.74 Å². The third kappa shape index (κ3) is 4.04. The average molecular weight is 228 g/mol. The normalized spacial score (nSPS) is 29.2. The molecule has 0 aromatic rings. The standard InChI is InChI=1S/C13H28N2O/c1-5-6-13-10-15(12(3)9-14-13)11(2)7-8-16-4/h11-14H,5-10H2,1-4H3. The Balaban J connectivity index is 2.41. The molecule has 16 heavy (non-hydrogen) atoms. The zero-order valence-electron chi connectivity index (χ0n) is 11.3. The van der Waals surface area contributed by atoms with Gasteiger partial charge in [-0.05, 0) is 26.7 Å². The molecule has 1 aliphatic heterocycles. The Labute approximate surface area is 101 Å². The molecule has 0 spiro atoms. The molecule has 0 bridgehead atoms. The van der Waals surface area contributed by atoms with Gasteiger partial charge in [-0.2, -0.15) is 0 Å². The minimum atomic E-state index is 0.636. The number of hydrogen-bond acceptors (Lipinski definition) is 3. The lowest BCUT2D eigenvalue weighted by Gasteiger charge is -2.42. The lowest BCUT2D eigenvalue weighted by molar-refractivity contribution is 0.0737. The lowest BCUT2D eigenvalue weighted by Crippen LogP contribution is -2.58. The van der Waals surface area contributed by atoms with Crippen molar-refractivity contribution in [2.24, 2.45) is 0 Å². The van der Waals surface area contributed by atoms with Crippen LogP contribution in [0.1, 0.15) is 40.0 Å². The molecule has 1 saturated heterocycles. The first kappa shape index (κ1) is 13.9. The highest BCUT2D eigenvalue weighted by molar-refractivity contribution is 4.86. The average Bonchev–Trinajstić information content (AvgIpc) is 2.29. The van der Waals surface area contributed by atoms with Gasteiger partial charge in [0.05, 0.1) is 0 Å². The largest absolute Gasteiger partial charge is 0.385 e. The SMILES string of the molecule is CCCC1CN(C(C)CCOC)C(C)CN1. The molecule has 1 fully saturated rings. The zero-order valence-corrected chi connectivity index (χ0v) is 11.3. The van der Waals surface area contributed by atoms with Gasteiger partial charge >= 0.3 is 0 Å². The van der Waals surface area contributed by atoms with E-state index in [1.54, 1.807) is 7.11 Å². The fourth-order valence-electron chi connectivity index (χ4n) is 2.56. The summed E-state index contributed by atoms with van der Waals surface area (Å²) in [4.78, 5) is 2.63. The van der Waals surface area contributed by atoms with Crippen molar-refractivity contribution in [1.29, 1.82) is 0 Å². The van der Waals surface area contributed by atoms with Crippen LogP contribution in [0.15, 0.2) is 0 Å². The Kier molecular flexibility index (Phi) is 6.32. The highest BCUT2D eigenvalue weighted by Gasteiger charge is 2.27. The van der Waals surface area contributed by atoms with Crippen LogP contribution < -0.4 is 5.32 Å². The number of hydrogen-bond donors (Lipinski definition) is 1. The van der Waals surface area contributed by atoms with Crippen LogP contribution in [-0.4, -0.2) is 49.8 Å². The predicted molar refractivity (Wildman–Crippen MR) is 68.8 cm³/mol. The van der Waals surface area contributed by atoms with Crippen molar-refractivity contribution >= 4 is 0 Å². The van der Waals surface area contributed by atoms with Gasteiger partial charge in [0, 0.05) is 44.9 Å². The predicted octanol–water partition coefficient (Wildman–Crippen LogP) is 1.87. The lowest BCUT2D eigenvalue weighted by atomic mass is 10.0. The Morgan fingerprint density at radius 3 is 2.88 bits per heavy atom. The van der Waals surface area contributed by atoms with Gasteiger partial charge in [0.25, 0.3) is 0 Å². The maximum absolute atomic E-state index is 5.17. The van der Waals surface area contributed by atoms with E-state index in [1.165, 1.54) is 19.4 Å². The van der Waals surface area contributed by atoms with Gasteiger partial charge in [-0.1, -0.05) is 13.3 Å². The Hall–Kier alpha value is -0.120. The summed E-state index contributed by atoms with van der Waals surface area (Å²) < 4.78 is 5.17. The van der Waals surface area contributed by atoms with Gasteiger partial charge in [0.1, 0.15) is 0 Å². The summed E-state index contributed by atoms with van der Waals surface area (Å²) in [7, 11) is 1.79. The Morgan fingerprint density at radius 2 is 2.25 bits per heavy atom. The second kappa shape index (κ2) is 7.25. The van der Waals surface area contributed by atoms with Gasteiger partial charge < -0.3 is 10.1 Å². The van der Waals surface area contributed by atoms with E-state index in [0.717, 1.165) is 19.6 Å². The molecule has 0 radical (unpaired) electrons. The van der Waals surface area contributed by atoms with Crippen LogP contribution in [0, 0.1) is 0 Å². The Bertz CT molecular complexity index is 187. The van der Waals surface area contributed by atoms with Crippen molar-refractivity contribution in [1.82, 2.24) is 10.2 Å². The van der Waals surface area contributed by atoms with Crippen LogP contribution in [-0.2, 0) is 4.74 Å². The molecule has 1 heterocycles. The molecule has 1 aliphatic rings. The van der Waals surface area contributed by atoms with Gasteiger partial charge in [0.2, 0.25) is 0 Å². The number of rotatable bonds is 6. The topological polar surface area (TPSA) is 24.5 Å². The van der Waals surface area contributed by atoms with E-state index in [9.17, 15) is 0 Å². The third-order valence-electron chi connectivity index (χ3n) is 3.64. The zero-order chi connectivity index (χ0) is 12.0. The first-order chi connectivity index (χ1) is 7.69. The van der Waals surface area contributed by atoms with E-state index in [4.69, 9.17) is 4.74 Å². The van der Waals surface area contributed by atoms with E-state index in [0.29, 0.717) is 18.1 Å². The first-order valence-corrected chi connectivity index (χ1v) is 6.67. The molecular weight excluding hydrogens is 200 g/mol. The summed E-state index contributed by atoms with van der Waals surface area (Å²) in [6, 6.07) is 1.97. The van der Waals surface area contributed by atoms with E-state index in [2.05, 4.69) is 31.0 Å². The number of nitrogens with zero attached hydrogens (tertiary/aromatic N) is 1. The molecule has 0 aliphatic carbocycles. The second-order valence-electron chi connectivity index (χ2n) is 5.07. The molecule has 96 valence electrons. The van der Waals surface area contributed by atoms with Crippen molar-refractivity contribution in [3.8, 4) is 0 Å². The summed E-state index contributed by atoms with van der Waals surface area (Å²) in [5.74, 6) is 0. The molecular formula is C13H28N2O. The first-order valence-electron chi connectivity index (χ1n) is 6.67. The fourth-order valence-corrected chi connectivity index (χ4v) is 2.56. The maximum atomic E-state index is 5.17. The summed E-state index contributed by atoms with van der Waals surface area (Å²) in [6.45, 7) is 10.1. The molecule has 3 unspecified atom stereocenters. The number of methoxy groups -OCH3 is 1. The van der Waals surface area contributed by atoms with Crippen molar-refractivity contribution in [3.05, 3.63) is 0 Å². The molecule has 3 nitrogen and oxygen atoms in total. The summed E-state index contributed by atoms with van der Waals surface area (Å²) >= 11 is 0. The van der Waals surface area contributed by atoms with E-state index in [-0.39, 0.29) is 0 Å². The minimum Gasteiger partial charge on any atom is -0.385 e. The molecule has 3 heteroatoms. The maximum Gasteiger partial charge on any atom is 0.0477 e. The molecule has 0 aromatic carbocycles. The van der Waals surface area contributed by atoms with E-state index < -0.39 is 0 Å². The summed E-state index contributed by atoms with van der Waals surface area (Å²) in [5, 5.41) is 3.64. The van der Waals surface area contributed by atoms with Crippen molar-refractivity contribution in [2.45, 2.75) is 58.2 Å². The van der Waals surface area contributed by atoms with Gasteiger partial charge in [-0.25, -0.2) is 0 Å². The van der Waals surface area contributed by atoms with Crippen molar-refractivity contribution in [2.75, 3.05) is 26.8 Å². The minimum absolute atomic E-state index is 0.636. The summed E-state index contributed by atoms with van der Waals surface area (Å²) in [6.07, 6.45) is 3.70. The number of ether oxygens (including phenoxy) is 1. The fraction of sp³-hybridized carbons (Fsp3) is 1.00. The van der Waals surface area contributed by atoms with Crippen LogP contribution in [0.2, 0.25) is 0 Å². The molecule has 1 N–H and O–H groups in total. The quantitative estimate of drug-likeness (QED) is 0.751. The molecule has 0 amide bonds. The van der Waals surface area contributed by atoms with Gasteiger partial charge in [0.15, 0.2) is 0 Å². The van der Waals surface area contributed by atoms with Crippen LogP contribution in [0.4, 0.5) is 0 Å². The molecule has 0 saturated carbocycles. The molecule has 3 atom stereocenters. The van der Waals surface area contributed by atoms with Crippen LogP contribution >= 0.6 is 0 Å². The van der Waals surface area contributed by atoms with E-state index in [1.807, 2.05) is 0 Å².